The molecule has 0 aliphatic carbocycles. The molecule has 0 aliphatic rings. The van der Waals surface area contributed by atoms with Gasteiger partial charge in [0.25, 0.3) is 0 Å². The van der Waals surface area contributed by atoms with Crippen molar-refractivity contribution in [2.75, 3.05) is 11.9 Å². The lowest BCUT2D eigenvalue weighted by molar-refractivity contribution is -0.140. The van der Waals surface area contributed by atoms with Crippen molar-refractivity contribution in [1.29, 1.82) is 0 Å². The second-order valence-electron chi connectivity index (χ2n) is 3.29. The molecule has 2 rings (SSSR count). The molecule has 7 heteroatoms. The summed E-state index contributed by atoms with van der Waals surface area (Å²) in [4.78, 5) is 3.45. The van der Waals surface area contributed by atoms with Gasteiger partial charge in [-0.15, -0.1) is 11.3 Å². The highest BCUT2D eigenvalue weighted by Gasteiger charge is 2.33. The molecule has 0 bridgehead atoms. The van der Waals surface area contributed by atoms with Crippen LogP contribution in [-0.2, 0) is 12.6 Å². The monoisotopic (exact) mass is 262 g/mol. The van der Waals surface area contributed by atoms with Crippen LogP contribution in [0, 0.1) is 0 Å². The van der Waals surface area contributed by atoms with Crippen molar-refractivity contribution in [2.24, 2.45) is 0 Å². The van der Waals surface area contributed by atoms with Gasteiger partial charge in [-0.05, 0) is 12.1 Å². The summed E-state index contributed by atoms with van der Waals surface area (Å²) in [6.07, 6.45) is -2.22. The van der Waals surface area contributed by atoms with Gasteiger partial charge >= 0.3 is 6.18 Å². The number of hydrogen-bond acceptors (Lipinski definition) is 4. The SMILES string of the molecule is FC(F)(F)c1csc(NCCc2ccco2)n1. The van der Waals surface area contributed by atoms with Crippen molar-refractivity contribution >= 4 is 16.5 Å². The fraction of sp³-hybridized carbons (Fsp3) is 0.300. The fourth-order valence-electron chi connectivity index (χ4n) is 1.23. The highest BCUT2D eigenvalue weighted by atomic mass is 32.1. The number of nitrogens with one attached hydrogen (secondary N) is 1. The highest BCUT2D eigenvalue weighted by molar-refractivity contribution is 7.13. The van der Waals surface area contributed by atoms with Crippen LogP contribution < -0.4 is 5.32 Å². The molecular formula is C10H9F3N2OS. The van der Waals surface area contributed by atoms with Crippen LogP contribution in [0.25, 0.3) is 0 Å². The Morgan fingerprint density at radius 1 is 1.41 bits per heavy atom. The van der Waals surface area contributed by atoms with Crippen LogP contribution in [0.15, 0.2) is 28.2 Å². The van der Waals surface area contributed by atoms with Crippen LogP contribution in [0.3, 0.4) is 0 Å². The van der Waals surface area contributed by atoms with Gasteiger partial charge in [0.1, 0.15) is 5.76 Å². The van der Waals surface area contributed by atoms with Crippen molar-refractivity contribution in [3.05, 3.63) is 35.2 Å². The Bertz CT molecular complexity index is 464. The summed E-state index contributed by atoms with van der Waals surface area (Å²) >= 11 is 0.941. The minimum absolute atomic E-state index is 0.267. The maximum atomic E-state index is 12.2. The fourth-order valence-corrected chi connectivity index (χ4v) is 1.98. The average Bonchev–Trinajstić information content (AvgIpc) is 2.86. The molecule has 0 unspecified atom stereocenters. The van der Waals surface area contributed by atoms with Crippen LogP contribution in [-0.4, -0.2) is 11.5 Å². The third-order valence-corrected chi connectivity index (χ3v) is 2.82. The molecule has 0 radical (unpaired) electrons. The van der Waals surface area contributed by atoms with Gasteiger partial charge in [0.2, 0.25) is 0 Å². The molecule has 0 aromatic carbocycles. The lowest BCUT2D eigenvalue weighted by atomic mass is 10.3. The van der Waals surface area contributed by atoms with E-state index < -0.39 is 11.9 Å². The summed E-state index contributed by atoms with van der Waals surface area (Å²) in [6.45, 7) is 0.484. The maximum absolute atomic E-state index is 12.2. The molecule has 0 saturated heterocycles. The first-order chi connectivity index (χ1) is 8.05. The minimum atomic E-state index is -4.38. The number of nitrogens with zero attached hydrogens (tertiary/aromatic N) is 1. The third-order valence-electron chi connectivity index (χ3n) is 2.02. The molecule has 0 atom stereocenters. The molecule has 0 amide bonds. The number of anilines is 1. The molecule has 3 nitrogen and oxygen atoms in total. The Morgan fingerprint density at radius 3 is 2.82 bits per heavy atom. The van der Waals surface area contributed by atoms with Gasteiger partial charge in [0.15, 0.2) is 10.8 Å². The standard InChI is InChI=1S/C10H9F3N2OS/c11-10(12,13)8-6-17-9(15-8)14-4-3-7-2-1-5-16-7/h1-2,5-6H,3-4H2,(H,14,15). The van der Waals surface area contributed by atoms with E-state index in [0.29, 0.717) is 13.0 Å². The maximum Gasteiger partial charge on any atom is 0.434 e. The van der Waals surface area contributed by atoms with Gasteiger partial charge in [-0.2, -0.15) is 13.2 Å². The number of furan rings is 1. The van der Waals surface area contributed by atoms with Crippen molar-refractivity contribution < 1.29 is 17.6 Å². The Kier molecular flexibility index (Phi) is 3.37. The molecule has 17 heavy (non-hydrogen) atoms. The van der Waals surface area contributed by atoms with E-state index in [4.69, 9.17) is 4.42 Å². The first kappa shape index (κ1) is 12.0. The van der Waals surface area contributed by atoms with Crippen molar-refractivity contribution in [3.63, 3.8) is 0 Å². The Hall–Kier alpha value is -1.50. The van der Waals surface area contributed by atoms with Crippen LogP contribution in [0.1, 0.15) is 11.5 Å². The van der Waals surface area contributed by atoms with E-state index in [1.807, 2.05) is 6.07 Å². The van der Waals surface area contributed by atoms with Crippen LogP contribution in [0.2, 0.25) is 0 Å². The third kappa shape index (κ3) is 3.23. The van der Waals surface area contributed by atoms with Crippen LogP contribution in [0.5, 0.6) is 0 Å². The molecule has 2 aromatic rings. The second kappa shape index (κ2) is 4.79. The van der Waals surface area contributed by atoms with E-state index in [-0.39, 0.29) is 5.13 Å². The number of hydrogen-bond donors (Lipinski definition) is 1. The molecule has 0 saturated carbocycles. The smallest absolute Gasteiger partial charge is 0.434 e. The lowest BCUT2D eigenvalue weighted by Crippen LogP contribution is -2.07. The van der Waals surface area contributed by atoms with Crippen molar-refractivity contribution in [3.8, 4) is 0 Å². The Morgan fingerprint density at radius 2 is 2.24 bits per heavy atom. The zero-order valence-corrected chi connectivity index (χ0v) is 9.44. The summed E-state index contributed by atoms with van der Waals surface area (Å²) in [5.41, 5.74) is -0.858. The van der Waals surface area contributed by atoms with Gasteiger partial charge in [-0.25, -0.2) is 4.98 Å². The first-order valence-electron chi connectivity index (χ1n) is 4.84. The molecular weight excluding hydrogens is 253 g/mol. The normalized spacial score (nSPS) is 11.7. The van der Waals surface area contributed by atoms with E-state index >= 15 is 0 Å². The predicted molar refractivity (Wildman–Crippen MR) is 58.0 cm³/mol. The molecule has 0 fully saturated rings. The zero-order chi connectivity index (χ0) is 12.3. The summed E-state index contributed by atoms with van der Waals surface area (Å²) in [7, 11) is 0. The molecule has 0 spiro atoms. The topological polar surface area (TPSA) is 38.1 Å². The number of alkyl halides is 3. The van der Waals surface area contributed by atoms with Gasteiger partial charge < -0.3 is 9.73 Å². The van der Waals surface area contributed by atoms with E-state index in [1.54, 1.807) is 12.3 Å². The van der Waals surface area contributed by atoms with Crippen LogP contribution >= 0.6 is 11.3 Å². The summed E-state index contributed by atoms with van der Waals surface area (Å²) in [5.74, 6) is 0.783. The zero-order valence-electron chi connectivity index (χ0n) is 8.62. The number of rotatable bonds is 4. The largest absolute Gasteiger partial charge is 0.469 e. The van der Waals surface area contributed by atoms with Gasteiger partial charge in [0.05, 0.1) is 6.26 Å². The number of halogens is 3. The lowest BCUT2D eigenvalue weighted by Gasteiger charge is -2.01. The van der Waals surface area contributed by atoms with Gasteiger partial charge in [0, 0.05) is 18.3 Å². The molecule has 92 valence electrons. The molecule has 2 heterocycles. The Balaban J connectivity index is 1.85. The summed E-state index contributed by atoms with van der Waals surface area (Å²) in [6, 6.07) is 3.57. The highest BCUT2D eigenvalue weighted by Crippen LogP contribution is 2.31. The average molecular weight is 262 g/mol. The van der Waals surface area contributed by atoms with Gasteiger partial charge in [-0.3, -0.25) is 0 Å². The van der Waals surface area contributed by atoms with E-state index in [1.165, 1.54) is 0 Å². The molecule has 1 N–H and O–H groups in total. The summed E-state index contributed by atoms with van der Waals surface area (Å²) in [5, 5.41) is 4.09. The molecule has 2 aromatic heterocycles. The van der Waals surface area contributed by atoms with E-state index in [0.717, 1.165) is 22.5 Å². The quantitative estimate of drug-likeness (QED) is 0.917. The minimum Gasteiger partial charge on any atom is -0.469 e. The number of thiazole rings is 1. The van der Waals surface area contributed by atoms with Crippen molar-refractivity contribution in [1.82, 2.24) is 4.98 Å². The summed E-state index contributed by atoms with van der Waals surface area (Å²) < 4.78 is 41.8. The first-order valence-corrected chi connectivity index (χ1v) is 5.72. The van der Waals surface area contributed by atoms with Crippen molar-refractivity contribution in [2.45, 2.75) is 12.6 Å². The number of aromatic nitrogens is 1. The molecule has 0 aliphatic heterocycles. The van der Waals surface area contributed by atoms with E-state index in [2.05, 4.69) is 10.3 Å². The second-order valence-corrected chi connectivity index (χ2v) is 4.15. The van der Waals surface area contributed by atoms with E-state index in [9.17, 15) is 13.2 Å². The van der Waals surface area contributed by atoms with Crippen LogP contribution in [0.4, 0.5) is 18.3 Å². The predicted octanol–water partition coefficient (Wildman–Crippen LogP) is 3.41. The van der Waals surface area contributed by atoms with Gasteiger partial charge in [-0.1, -0.05) is 0 Å². The Labute approximate surface area is 99.3 Å².